The Hall–Kier alpha value is -2.28. The van der Waals surface area contributed by atoms with Crippen molar-refractivity contribution >= 4 is 23.1 Å². The molecule has 2 aromatic rings. The average Bonchev–Trinajstić information content (AvgIpc) is 2.53. The van der Waals surface area contributed by atoms with Gasteiger partial charge in [-0.3, -0.25) is 14.3 Å². The Balaban J connectivity index is 2.56. The minimum Gasteiger partial charge on any atom is -0.383 e. The predicted octanol–water partition coefficient (Wildman–Crippen LogP) is 3.23. The van der Waals surface area contributed by atoms with E-state index in [1.165, 1.54) is 16.7 Å². The van der Waals surface area contributed by atoms with Crippen LogP contribution in [0.4, 0.5) is 15.9 Å². The lowest BCUT2D eigenvalue weighted by Crippen LogP contribution is -2.40. The van der Waals surface area contributed by atoms with E-state index >= 15 is 0 Å². The van der Waals surface area contributed by atoms with Crippen LogP contribution in [0.1, 0.15) is 33.3 Å². The predicted molar refractivity (Wildman–Crippen MR) is 108 cm³/mol. The molecule has 1 aromatic carbocycles. The first-order valence-electron chi connectivity index (χ1n) is 8.91. The van der Waals surface area contributed by atoms with E-state index in [0.29, 0.717) is 18.7 Å². The molecule has 0 aliphatic rings. The molecule has 1 aromatic heterocycles. The maximum atomic E-state index is 13.4. The Bertz CT molecular complexity index is 921. The zero-order valence-electron chi connectivity index (χ0n) is 16.1. The van der Waals surface area contributed by atoms with Crippen LogP contribution in [0.5, 0.6) is 0 Å². The first kappa shape index (κ1) is 21.0. The summed E-state index contributed by atoms with van der Waals surface area (Å²) < 4.78 is 14.7. The molecule has 0 saturated carbocycles. The number of nitrogens with zero attached hydrogens (tertiary/aromatic N) is 2. The van der Waals surface area contributed by atoms with Crippen molar-refractivity contribution in [3.05, 3.63) is 55.4 Å². The molecule has 27 heavy (non-hydrogen) atoms. The van der Waals surface area contributed by atoms with Gasteiger partial charge in [-0.25, -0.2) is 9.18 Å². The number of hydrogen-bond donors (Lipinski definition) is 2. The summed E-state index contributed by atoms with van der Waals surface area (Å²) >= 11 is 6.16. The fourth-order valence-corrected chi connectivity index (χ4v) is 3.19. The number of benzene rings is 1. The molecule has 0 atom stereocenters. The third-order valence-corrected chi connectivity index (χ3v) is 4.39. The topological polar surface area (TPSA) is 84.1 Å². The minimum atomic E-state index is -0.545. The molecule has 6 nitrogen and oxygen atoms in total. The summed E-state index contributed by atoms with van der Waals surface area (Å²) in [6, 6.07) is 4.14. The van der Waals surface area contributed by atoms with E-state index in [0.717, 1.165) is 0 Å². The van der Waals surface area contributed by atoms with Crippen molar-refractivity contribution in [1.82, 2.24) is 9.55 Å². The summed E-state index contributed by atoms with van der Waals surface area (Å²) in [4.78, 5) is 28.9. The molecule has 2 rings (SSSR count). The second-order valence-corrected chi connectivity index (χ2v) is 7.91. The van der Waals surface area contributed by atoms with E-state index in [-0.39, 0.29) is 34.9 Å². The second kappa shape index (κ2) is 8.61. The van der Waals surface area contributed by atoms with Gasteiger partial charge in [0.2, 0.25) is 0 Å². The van der Waals surface area contributed by atoms with Gasteiger partial charge in [-0.05, 0) is 29.5 Å². The van der Waals surface area contributed by atoms with Crippen LogP contribution in [-0.4, -0.2) is 16.1 Å². The Labute approximate surface area is 162 Å². The highest BCUT2D eigenvalue weighted by molar-refractivity contribution is 6.31. The number of hydrogen-bond acceptors (Lipinski definition) is 4. The molecule has 0 fully saturated rings. The second-order valence-electron chi connectivity index (χ2n) is 7.51. The lowest BCUT2D eigenvalue weighted by molar-refractivity contribution is 0.505. The van der Waals surface area contributed by atoms with Crippen molar-refractivity contribution in [3.63, 3.8) is 0 Å². The number of nitrogens with one attached hydrogen (secondary N) is 1. The monoisotopic (exact) mass is 396 g/mol. The van der Waals surface area contributed by atoms with Crippen LogP contribution in [0.25, 0.3) is 0 Å². The maximum absolute atomic E-state index is 13.4. The smallest absolute Gasteiger partial charge is 0.330 e. The van der Waals surface area contributed by atoms with Gasteiger partial charge in [0, 0.05) is 24.7 Å². The van der Waals surface area contributed by atoms with E-state index in [4.69, 9.17) is 17.3 Å². The minimum absolute atomic E-state index is 0.122. The summed E-state index contributed by atoms with van der Waals surface area (Å²) in [5, 5.41) is 0.272. The zero-order chi connectivity index (χ0) is 20.3. The fraction of sp³-hybridized carbons (Fsp3) is 0.474. The number of anilines is 2. The normalized spacial score (nSPS) is 11.4. The van der Waals surface area contributed by atoms with Gasteiger partial charge in [0.1, 0.15) is 17.3 Å². The molecule has 0 amide bonds. The van der Waals surface area contributed by atoms with Crippen molar-refractivity contribution in [1.29, 1.82) is 0 Å². The number of aromatic amines is 1. The zero-order valence-corrected chi connectivity index (χ0v) is 16.8. The van der Waals surface area contributed by atoms with Crippen molar-refractivity contribution in [2.24, 2.45) is 11.8 Å². The highest BCUT2D eigenvalue weighted by Crippen LogP contribution is 2.25. The van der Waals surface area contributed by atoms with Crippen molar-refractivity contribution in [3.8, 4) is 0 Å². The molecule has 0 aliphatic heterocycles. The van der Waals surface area contributed by atoms with Crippen LogP contribution in [0.3, 0.4) is 0 Å². The van der Waals surface area contributed by atoms with Gasteiger partial charge in [-0.1, -0.05) is 45.4 Å². The molecule has 0 radical (unpaired) electrons. The Kier molecular flexibility index (Phi) is 6.70. The summed E-state index contributed by atoms with van der Waals surface area (Å²) in [5.74, 6) is 0.0840. The quantitative estimate of drug-likeness (QED) is 0.752. The van der Waals surface area contributed by atoms with Crippen LogP contribution in [0.15, 0.2) is 27.8 Å². The van der Waals surface area contributed by atoms with Crippen molar-refractivity contribution in [2.75, 3.05) is 17.2 Å². The fourth-order valence-electron chi connectivity index (χ4n) is 2.96. The number of halogens is 2. The van der Waals surface area contributed by atoms with E-state index in [1.807, 2.05) is 27.7 Å². The lowest BCUT2D eigenvalue weighted by Gasteiger charge is -2.28. The van der Waals surface area contributed by atoms with Crippen LogP contribution in [0, 0.1) is 17.7 Å². The lowest BCUT2D eigenvalue weighted by atomic mass is 10.1. The molecule has 0 unspecified atom stereocenters. The molecule has 1 heterocycles. The van der Waals surface area contributed by atoms with E-state index in [1.54, 1.807) is 11.0 Å². The molecular formula is C19H26ClFN4O2. The molecule has 148 valence electrons. The van der Waals surface area contributed by atoms with Crippen LogP contribution in [0.2, 0.25) is 5.02 Å². The third-order valence-electron chi connectivity index (χ3n) is 4.04. The summed E-state index contributed by atoms with van der Waals surface area (Å²) in [6.07, 6.45) is 0. The van der Waals surface area contributed by atoms with Gasteiger partial charge in [0.15, 0.2) is 0 Å². The third kappa shape index (κ3) is 5.13. The van der Waals surface area contributed by atoms with Crippen molar-refractivity contribution in [2.45, 2.75) is 40.8 Å². The Morgan fingerprint density at radius 1 is 1.22 bits per heavy atom. The van der Waals surface area contributed by atoms with Gasteiger partial charge in [-0.2, -0.15) is 0 Å². The van der Waals surface area contributed by atoms with Gasteiger partial charge in [0.05, 0.1) is 0 Å². The Morgan fingerprint density at radius 3 is 2.44 bits per heavy atom. The first-order valence-corrected chi connectivity index (χ1v) is 9.29. The number of H-pyrrole nitrogens is 1. The van der Waals surface area contributed by atoms with Gasteiger partial charge in [0.25, 0.3) is 5.56 Å². The van der Waals surface area contributed by atoms with Crippen LogP contribution < -0.4 is 21.9 Å². The Morgan fingerprint density at radius 2 is 1.89 bits per heavy atom. The van der Waals surface area contributed by atoms with Crippen molar-refractivity contribution < 1.29 is 4.39 Å². The number of rotatable bonds is 7. The van der Waals surface area contributed by atoms with E-state index in [2.05, 4.69) is 4.98 Å². The summed E-state index contributed by atoms with van der Waals surface area (Å²) in [7, 11) is 0. The number of nitrogen functional groups attached to an aromatic ring is 1. The molecule has 8 heteroatoms. The van der Waals surface area contributed by atoms with E-state index < -0.39 is 17.1 Å². The standard InChI is InChI=1S/C19H26ClFN4O2/c1-11(2)8-24(10-13-5-6-14(21)7-15(13)20)16-17(22)25(9-12(3)4)19(27)23-18(16)26/h5-7,11-12H,8-10,22H2,1-4H3,(H,23,26,27). The molecule has 0 spiro atoms. The average molecular weight is 397 g/mol. The number of aromatic nitrogens is 2. The van der Waals surface area contributed by atoms with Gasteiger partial charge < -0.3 is 10.6 Å². The SMILES string of the molecule is CC(C)CN(Cc1ccc(F)cc1Cl)c1c(N)n(CC(C)C)c(=O)[nH]c1=O. The van der Waals surface area contributed by atoms with E-state index in [9.17, 15) is 14.0 Å². The molecule has 0 saturated heterocycles. The maximum Gasteiger partial charge on any atom is 0.330 e. The number of nitrogens with two attached hydrogens (primary N) is 1. The largest absolute Gasteiger partial charge is 0.383 e. The molecule has 0 aliphatic carbocycles. The van der Waals surface area contributed by atoms with Crippen LogP contribution in [-0.2, 0) is 13.1 Å². The molecule has 3 N–H and O–H groups in total. The summed E-state index contributed by atoms with van der Waals surface area (Å²) in [5.41, 5.74) is 6.05. The molecule has 0 bridgehead atoms. The highest BCUT2D eigenvalue weighted by atomic mass is 35.5. The molecular weight excluding hydrogens is 371 g/mol. The first-order chi connectivity index (χ1) is 12.6. The van der Waals surface area contributed by atoms with Gasteiger partial charge >= 0.3 is 5.69 Å². The van der Waals surface area contributed by atoms with Crippen LogP contribution >= 0.6 is 11.6 Å². The highest BCUT2D eigenvalue weighted by Gasteiger charge is 2.21. The summed E-state index contributed by atoms with van der Waals surface area (Å²) in [6.45, 7) is 9.11. The van der Waals surface area contributed by atoms with Gasteiger partial charge in [-0.15, -0.1) is 0 Å².